The van der Waals surface area contributed by atoms with Crippen LogP contribution in [-0.2, 0) is 0 Å². The van der Waals surface area contributed by atoms with Crippen molar-refractivity contribution in [2.45, 2.75) is 19.4 Å². The summed E-state index contributed by atoms with van der Waals surface area (Å²) in [5, 5.41) is 9.16. The van der Waals surface area contributed by atoms with E-state index in [9.17, 15) is 4.39 Å². The molecule has 3 rings (SSSR count). The van der Waals surface area contributed by atoms with Gasteiger partial charge in [-0.05, 0) is 43.2 Å². The van der Waals surface area contributed by atoms with E-state index in [1.54, 1.807) is 18.2 Å². The standard InChI is InChI=1S/C20H19FO2/c1-20(2)17(7-5-13-22)19(14-9-11-15(21)12-10-14)16-6-3-4-8-18(16)23-20/h3-12,22H,13H2,1-2H3. The van der Waals surface area contributed by atoms with Crippen molar-refractivity contribution in [3.63, 3.8) is 0 Å². The normalized spacial score (nSPS) is 16.3. The maximum atomic E-state index is 13.3. The van der Waals surface area contributed by atoms with E-state index in [2.05, 4.69) is 0 Å². The fourth-order valence-electron chi connectivity index (χ4n) is 2.92. The van der Waals surface area contributed by atoms with Gasteiger partial charge in [0.05, 0.1) is 6.61 Å². The second-order valence-electron chi connectivity index (χ2n) is 5.99. The molecule has 0 saturated carbocycles. The minimum atomic E-state index is -0.552. The van der Waals surface area contributed by atoms with Gasteiger partial charge >= 0.3 is 0 Å². The average molecular weight is 310 g/mol. The Kier molecular flexibility index (Phi) is 4.05. The Labute approximate surface area is 135 Å². The molecule has 2 aromatic carbocycles. The number of ether oxygens (including phenoxy) is 1. The van der Waals surface area contributed by atoms with Gasteiger partial charge in [-0.25, -0.2) is 4.39 Å². The van der Waals surface area contributed by atoms with E-state index >= 15 is 0 Å². The summed E-state index contributed by atoms with van der Waals surface area (Å²) in [5.74, 6) is 0.541. The summed E-state index contributed by atoms with van der Waals surface area (Å²) in [6, 6.07) is 14.3. The number of benzene rings is 2. The van der Waals surface area contributed by atoms with Crippen molar-refractivity contribution < 1.29 is 14.2 Å². The first kappa shape index (κ1) is 15.5. The van der Waals surface area contributed by atoms with Crippen molar-refractivity contribution in [1.82, 2.24) is 0 Å². The molecule has 0 unspecified atom stereocenters. The smallest absolute Gasteiger partial charge is 0.129 e. The Bertz CT molecular complexity index is 770. The number of hydrogen-bond donors (Lipinski definition) is 1. The van der Waals surface area contributed by atoms with Gasteiger partial charge in [-0.15, -0.1) is 0 Å². The molecule has 1 aliphatic rings. The van der Waals surface area contributed by atoms with Gasteiger partial charge in [-0.1, -0.05) is 42.5 Å². The van der Waals surface area contributed by atoms with Crippen LogP contribution < -0.4 is 4.74 Å². The molecule has 1 aliphatic heterocycles. The highest BCUT2D eigenvalue weighted by Crippen LogP contribution is 2.44. The maximum absolute atomic E-state index is 13.3. The number of aliphatic hydroxyl groups is 1. The first-order valence-electron chi connectivity index (χ1n) is 7.59. The van der Waals surface area contributed by atoms with Crippen molar-refractivity contribution in [2.75, 3.05) is 6.61 Å². The summed E-state index contributed by atoms with van der Waals surface area (Å²) in [5.41, 5.74) is 3.30. The Morgan fingerprint density at radius 3 is 2.48 bits per heavy atom. The molecule has 118 valence electrons. The monoisotopic (exact) mass is 310 g/mol. The van der Waals surface area contributed by atoms with Crippen LogP contribution in [0.1, 0.15) is 25.0 Å². The topological polar surface area (TPSA) is 29.5 Å². The number of rotatable bonds is 3. The van der Waals surface area contributed by atoms with Crippen molar-refractivity contribution >= 4 is 5.57 Å². The lowest BCUT2D eigenvalue weighted by Crippen LogP contribution is -2.34. The lowest BCUT2D eigenvalue weighted by Gasteiger charge is -2.36. The van der Waals surface area contributed by atoms with Crippen LogP contribution >= 0.6 is 0 Å². The summed E-state index contributed by atoms with van der Waals surface area (Å²) in [7, 11) is 0. The number of para-hydroxylation sites is 1. The molecular formula is C20H19FO2. The Morgan fingerprint density at radius 2 is 1.78 bits per heavy atom. The third kappa shape index (κ3) is 2.92. The van der Waals surface area contributed by atoms with Gasteiger partial charge in [-0.2, -0.15) is 0 Å². The van der Waals surface area contributed by atoms with Crippen molar-refractivity contribution in [3.8, 4) is 5.75 Å². The number of fused-ring (bicyclic) bond motifs is 1. The quantitative estimate of drug-likeness (QED) is 0.913. The molecular weight excluding hydrogens is 291 g/mol. The zero-order valence-corrected chi connectivity index (χ0v) is 13.2. The molecule has 0 saturated heterocycles. The third-order valence-electron chi connectivity index (χ3n) is 3.96. The van der Waals surface area contributed by atoms with E-state index in [1.165, 1.54) is 12.1 Å². The predicted molar refractivity (Wildman–Crippen MR) is 89.8 cm³/mol. The zero-order chi connectivity index (χ0) is 16.4. The lowest BCUT2D eigenvalue weighted by atomic mass is 9.82. The second-order valence-corrected chi connectivity index (χ2v) is 5.99. The Hall–Kier alpha value is -2.39. The van der Waals surface area contributed by atoms with Gasteiger partial charge < -0.3 is 9.84 Å². The molecule has 0 bridgehead atoms. The van der Waals surface area contributed by atoms with Crippen LogP contribution in [-0.4, -0.2) is 17.3 Å². The van der Waals surface area contributed by atoms with E-state index < -0.39 is 5.60 Å². The second kappa shape index (κ2) is 6.01. The lowest BCUT2D eigenvalue weighted by molar-refractivity contribution is 0.148. The zero-order valence-electron chi connectivity index (χ0n) is 13.2. The van der Waals surface area contributed by atoms with Gasteiger partial charge in [0.2, 0.25) is 0 Å². The molecule has 1 heterocycles. The van der Waals surface area contributed by atoms with Crippen molar-refractivity contribution in [1.29, 1.82) is 0 Å². The molecule has 23 heavy (non-hydrogen) atoms. The number of halogens is 1. The molecule has 0 spiro atoms. The fraction of sp³-hybridized carbons (Fsp3) is 0.200. The number of hydrogen-bond acceptors (Lipinski definition) is 2. The highest BCUT2D eigenvalue weighted by Gasteiger charge is 2.33. The van der Waals surface area contributed by atoms with Gasteiger partial charge in [-0.3, -0.25) is 0 Å². The highest BCUT2D eigenvalue weighted by molar-refractivity contribution is 5.88. The first-order chi connectivity index (χ1) is 11.0. The van der Waals surface area contributed by atoms with E-state index in [1.807, 2.05) is 44.2 Å². The first-order valence-corrected chi connectivity index (χ1v) is 7.59. The van der Waals surface area contributed by atoms with E-state index in [0.29, 0.717) is 0 Å². The molecule has 2 nitrogen and oxygen atoms in total. The van der Waals surface area contributed by atoms with Crippen LogP contribution in [0.2, 0.25) is 0 Å². The molecule has 0 radical (unpaired) electrons. The molecule has 0 aliphatic carbocycles. The largest absolute Gasteiger partial charge is 0.482 e. The molecule has 0 aromatic heterocycles. The van der Waals surface area contributed by atoms with Crippen molar-refractivity contribution in [3.05, 3.63) is 83.2 Å². The SMILES string of the molecule is CC1(C)Oc2ccccc2C(c2ccc(F)cc2)=C1C=CCO. The average Bonchev–Trinajstić information content (AvgIpc) is 2.53. The van der Waals surface area contributed by atoms with Gasteiger partial charge in [0.25, 0.3) is 0 Å². The third-order valence-corrected chi connectivity index (χ3v) is 3.96. The summed E-state index contributed by atoms with van der Waals surface area (Å²) in [4.78, 5) is 0. The molecule has 0 amide bonds. The van der Waals surface area contributed by atoms with Crippen LogP contribution in [0.25, 0.3) is 5.57 Å². The van der Waals surface area contributed by atoms with Gasteiger partial charge in [0.1, 0.15) is 17.2 Å². The van der Waals surface area contributed by atoms with E-state index in [4.69, 9.17) is 9.84 Å². The molecule has 2 aromatic rings. The molecule has 3 heteroatoms. The van der Waals surface area contributed by atoms with Gasteiger partial charge in [0, 0.05) is 11.1 Å². The van der Waals surface area contributed by atoms with Crippen LogP contribution in [0.5, 0.6) is 5.75 Å². The fourth-order valence-corrected chi connectivity index (χ4v) is 2.92. The minimum absolute atomic E-state index is 0.0437. The highest BCUT2D eigenvalue weighted by atomic mass is 19.1. The molecule has 1 N–H and O–H groups in total. The van der Waals surface area contributed by atoms with Crippen molar-refractivity contribution in [2.24, 2.45) is 0 Å². The van der Waals surface area contributed by atoms with E-state index in [-0.39, 0.29) is 12.4 Å². The molecule has 0 atom stereocenters. The van der Waals surface area contributed by atoms with Crippen LogP contribution in [0.3, 0.4) is 0 Å². The van der Waals surface area contributed by atoms with E-state index in [0.717, 1.165) is 28.0 Å². The summed E-state index contributed by atoms with van der Waals surface area (Å²) >= 11 is 0. The number of aliphatic hydroxyl groups excluding tert-OH is 1. The van der Waals surface area contributed by atoms with Crippen LogP contribution in [0, 0.1) is 5.82 Å². The predicted octanol–water partition coefficient (Wildman–Crippen LogP) is 4.35. The summed E-state index contributed by atoms with van der Waals surface area (Å²) in [6.45, 7) is 3.94. The maximum Gasteiger partial charge on any atom is 0.129 e. The minimum Gasteiger partial charge on any atom is -0.482 e. The summed E-state index contributed by atoms with van der Waals surface area (Å²) in [6.07, 6.45) is 3.58. The van der Waals surface area contributed by atoms with Gasteiger partial charge in [0.15, 0.2) is 0 Å². The van der Waals surface area contributed by atoms with Crippen LogP contribution in [0.4, 0.5) is 4.39 Å². The Balaban J connectivity index is 2.30. The summed E-state index contributed by atoms with van der Waals surface area (Å²) < 4.78 is 19.5. The Morgan fingerprint density at radius 1 is 1.09 bits per heavy atom. The molecule has 0 fully saturated rings. The van der Waals surface area contributed by atoms with Crippen LogP contribution in [0.15, 0.2) is 66.3 Å².